The number of rotatable bonds is 5. The standard InChI is InChI=1S/C12H17BrO3/c1-8(2)16-7-11(14)9-4-5-12(15-3)10(13)6-9/h4-6,8,11,14H,7H2,1-3H3. The lowest BCUT2D eigenvalue weighted by atomic mass is 10.1. The first-order valence-electron chi connectivity index (χ1n) is 5.17. The highest BCUT2D eigenvalue weighted by Gasteiger charge is 2.10. The minimum Gasteiger partial charge on any atom is -0.496 e. The molecule has 0 aromatic heterocycles. The van der Waals surface area contributed by atoms with Crippen molar-refractivity contribution in [1.82, 2.24) is 0 Å². The van der Waals surface area contributed by atoms with Gasteiger partial charge in [0, 0.05) is 0 Å². The molecular weight excluding hydrogens is 272 g/mol. The van der Waals surface area contributed by atoms with E-state index >= 15 is 0 Å². The summed E-state index contributed by atoms with van der Waals surface area (Å²) in [5.41, 5.74) is 0.813. The van der Waals surface area contributed by atoms with E-state index in [-0.39, 0.29) is 6.10 Å². The molecule has 1 N–H and O–H groups in total. The molecule has 90 valence electrons. The number of methoxy groups -OCH3 is 1. The minimum atomic E-state index is -0.607. The van der Waals surface area contributed by atoms with E-state index in [9.17, 15) is 5.11 Å². The van der Waals surface area contributed by atoms with Crippen molar-refractivity contribution in [2.75, 3.05) is 13.7 Å². The van der Waals surface area contributed by atoms with Crippen molar-refractivity contribution in [3.63, 3.8) is 0 Å². The van der Waals surface area contributed by atoms with Crippen molar-refractivity contribution < 1.29 is 14.6 Å². The third-order valence-corrected chi connectivity index (χ3v) is 2.77. The average molecular weight is 289 g/mol. The van der Waals surface area contributed by atoms with Crippen LogP contribution in [0.1, 0.15) is 25.5 Å². The first-order valence-corrected chi connectivity index (χ1v) is 5.97. The Morgan fingerprint density at radius 3 is 2.56 bits per heavy atom. The van der Waals surface area contributed by atoms with Crippen LogP contribution in [-0.4, -0.2) is 24.9 Å². The maximum absolute atomic E-state index is 9.87. The molecule has 1 atom stereocenters. The largest absolute Gasteiger partial charge is 0.496 e. The summed E-state index contributed by atoms with van der Waals surface area (Å²) in [5.74, 6) is 0.751. The molecule has 0 saturated heterocycles. The molecule has 0 aliphatic carbocycles. The van der Waals surface area contributed by atoms with Gasteiger partial charge in [-0.2, -0.15) is 0 Å². The number of aliphatic hydroxyl groups is 1. The van der Waals surface area contributed by atoms with Crippen LogP contribution in [0.3, 0.4) is 0 Å². The molecule has 4 heteroatoms. The van der Waals surface area contributed by atoms with Crippen LogP contribution in [0.2, 0.25) is 0 Å². The summed E-state index contributed by atoms with van der Waals surface area (Å²) in [5, 5.41) is 9.87. The number of aliphatic hydroxyl groups excluding tert-OH is 1. The molecule has 0 bridgehead atoms. The van der Waals surface area contributed by atoms with Gasteiger partial charge in [0.2, 0.25) is 0 Å². The summed E-state index contributed by atoms with van der Waals surface area (Å²) in [6, 6.07) is 5.49. The minimum absolute atomic E-state index is 0.122. The Labute approximate surface area is 105 Å². The quantitative estimate of drug-likeness (QED) is 0.905. The first kappa shape index (κ1) is 13.5. The fraction of sp³-hybridized carbons (Fsp3) is 0.500. The molecule has 1 aromatic rings. The molecule has 0 heterocycles. The van der Waals surface area contributed by atoms with Crippen LogP contribution >= 0.6 is 15.9 Å². The molecular formula is C12H17BrO3. The van der Waals surface area contributed by atoms with E-state index < -0.39 is 6.10 Å². The monoisotopic (exact) mass is 288 g/mol. The van der Waals surface area contributed by atoms with Gasteiger partial charge in [-0.25, -0.2) is 0 Å². The van der Waals surface area contributed by atoms with Crippen molar-refractivity contribution in [2.45, 2.75) is 26.1 Å². The maximum Gasteiger partial charge on any atom is 0.133 e. The Kier molecular flexibility index (Phi) is 5.25. The molecule has 1 unspecified atom stereocenters. The first-order chi connectivity index (χ1) is 7.54. The predicted molar refractivity (Wildman–Crippen MR) is 66.7 cm³/mol. The SMILES string of the molecule is COc1ccc(C(O)COC(C)C)cc1Br. The summed E-state index contributed by atoms with van der Waals surface area (Å²) < 4.78 is 11.3. The van der Waals surface area contributed by atoms with Gasteiger partial charge in [-0.1, -0.05) is 6.07 Å². The zero-order valence-electron chi connectivity index (χ0n) is 9.74. The van der Waals surface area contributed by atoms with Crippen LogP contribution in [0.5, 0.6) is 5.75 Å². The smallest absolute Gasteiger partial charge is 0.133 e. The number of halogens is 1. The topological polar surface area (TPSA) is 38.7 Å². The van der Waals surface area contributed by atoms with Crippen molar-refractivity contribution in [3.8, 4) is 5.75 Å². The summed E-state index contributed by atoms with van der Waals surface area (Å²) in [6.07, 6.45) is -0.485. The van der Waals surface area contributed by atoms with Gasteiger partial charge in [0.15, 0.2) is 0 Å². The summed E-state index contributed by atoms with van der Waals surface area (Å²) in [4.78, 5) is 0. The number of benzene rings is 1. The van der Waals surface area contributed by atoms with Gasteiger partial charge in [0.05, 0.1) is 24.3 Å². The van der Waals surface area contributed by atoms with E-state index in [0.29, 0.717) is 6.61 Å². The summed E-state index contributed by atoms with van der Waals surface area (Å²) in [7, 11) is 1.61. The highest BCUT2D eigenvalue weighted by Crippen LogP contribution is 2.28. The number of hydrogen-bond acceptors (Lipinski definition) is 3. The molecule has 0 aliphatic heterocycles. The Balaban J connectivity index is 2.69. The Morgan fingerprint density at radius 1 is 1.38 bits per heavy atom. The Morgan fingerprint density at radius 2 is 2.06 bits per heavy atom. The van der Waals surface area contributed by atoms with Crippen LogP contribution in [0.4, 0.5) is 0 Å². The van der Waals surface area contributed by atoms with Crippen LogP contribution in [0.15, 0.2) is 22.7 Å². The molecule has 0 radical (unpaired) electrons. The van der Waals surface area contributed by atoms with Gasteiger partial charge in [-0.3, -0.25) is 0 Å². The molecule has 3 nitrogen and oxygen atoms in total. The molecule has 0 saturated carbocycles. The van der Waals surface area contributed by atoms with Crippen LogP contribution < -0.4 is 4.74 Å². The van der Waals surface area contributed by atoms with Crippen molar-refractivity contribution >= 4 is 15.9 Å². The van der Waals surface area contributed by atoms with E-state index in [1.165, 1.54) is 0 Å². The summed E-state index contributed by atoms with van der Waals surface area (Å²) >= 11 is 3.38. The zero-order chi connectivity index (χ0) is 12.1. The molecule has 0 amide bonds. The maximum atomic E-state index is 9.87. The molecule has 1 aromatic carbocycles. The van der Waals surface area contributed by atoms with E-state index in [4.69, 9.17) is 9.47 Å². The van der Waals surface area contributed by atoms with E-state index in [2.05, 4.69) is 15.9 Å². The van der Waals surface area contributed by atoms with Crippen molar-refractivity contribution in [2.24, 2.45) is 0 Å². The second kappa shape index (κ2) is 6.23. The van der Waals surface area contributed by atoms with Gasteiger partial charge < -0.3 is 14.6 Å². The lowest BCUT2D eigenvalue weighted by Crippen LogP contribution is -2.11. The van der Waals surface area contributed by atoms with Crippen LogP contribution in [0, 0.1) is 0 Å². The molecule has 0 aliphatic rings. The summed E-state index contributed by atoms with van der Waals surface area (Å²) in [6.45, 7) is 4.18. The van der Waals surface area contributed by atoms with E-state index in [0.717, 1.165) is 15.8 Å². The Hall–Kier alpha value is -0.580. The van der Waals surface area contributed by atoms with Crippen molar-refractivity contribution in [1.29, 1.82) is 0 Å². The molecule has 16 heavy (non-hydrogen) atoms. The second-order valence-corrected chi connectivity index (χ2v) is 4.65. The fourth-order valence-corrected chi connectivity index (χ4v) is 1.83. The number of hydrogen-bond donors (Lipinski definition) is 1. The van der Waals surface area contributed by atoms with Gasteiger partial charge in [0.25, 0.3) is 0 Å². The molecule has 1 rings (SSSR count). The predicted octanol–water partition coefficient (Wildman–Crippen LogP) is 2.92. The third-order valence-electron chi connectivity index (χ3n) is 2.15. The number of ether oxygens (including phenoxy) is 2. The average Bonchev–Trinajstić information content (AvgIpc) is 2.25. The van der Waals surface area contributed by atoms with Gasteiger partial charge in [0.1, 0.15) is 11.9 Å². The second-order valence-electron chi connectivity index (χ2n) is 3.79. The van der Waals surface area contributed by atoms with Crippen LogP contribution in [-0.2, 0) is 4.74 Å². The fourth-order valence-electron chi connectivity index (χ4n) is 1.27. The lowest BCUT2D eigenvalue weighted by Gasteiger charge is -2.14. The van der Waals surface area contributed by atoms with Crippen molar-refractivity contribution in [3.05, 3.63) is 28.2 Å². The van der Waals surface area contributed by atoms with Gasteiger partial charge >= 0.3 is 0 Å². The Bertz CT molecular complexity index is 339. The van der Waals surface area contributed by atoms with E-state index in [1.807, 2.05) is 32.0 Å². The van der Waals surface area contributed by atoms with Gasteiger partial charge in [-0.05, 0) is 47.5 Å². The van der Waals surface area contributed by atoms with E-state index in [1.54, 1.807) is 7.11 Å². The molecule has 0 spiro atoms. The van der Waals surface area contributed by atoms with Gasteiger partial charge in [-0.15, -0.1) is 0 Å². The normalized spacial score (nSPS) is 12.9. The highest BCUT2D eigenvalue weighted by molar-refractivity contribution is 9.10. The van der Waals surface area contributed by atoms with Crippen LogP contribution in [0.25, 0.3) is 0 Å². The molecule has 0 fully saturated rings. The third kappa shape index (κ3) is 3.77. The lowest BCUT2D eigenvalue weighted by molar-refractivity contribution is 0.00489. The zero-order valence-corrected chi connectivity index (χ0v) is 11.3. The highest BCUT2D eigenvalue weighted by atomic mass is 79.9.